The third kappa shape index (κ3) is 2.89. The molecule has 0 unspecified atom stereocenters. The van der Waals surface area contributed by atoms with Crippen LogP contribution in [-0.4, -0.2) is 30.1 Å². The molecule has 0 aliphatic rings. The number of H-pyrrole nitrogens is 1. The Bertz CT molecular complexity index is 798. The Morgan fingerprint density at radius 3 is 2.39 bits per heavy atom. The van der Waals surface area contributed by atoms with Crippen LogP contribution in [0.2, 0.25) is 0 Å². The summed E-state index contributed by atoms with van der Waals surface area (Å²) in [5.74, 6) is 0.916. The van der Waals surface area contributed by atoms with E-state index in [4.69, 9.17) is 4.98 Å². The summed E-state index contributed by atoms with van der Waals surface area (Å²) in [7, 11) is 1.96. The number of anilines is 2. The van der Waals surface area contributed by atoms with Crippen molar-refractivity contribution in [3.63, 3.8) is 0 Å². The molecular weight excluding hydrogens is 284 g/mol. The Morgan fingerprint density at radius 1 is 1.09 bits per heavy atom. The van der Waals surface area contributed by atoms with Crippen LogP contribution in [-0.2, 0) is 0 Å². The molecule has 0 atom stereocenters. The van der Waals surface area contributed by atoms with Gasteiger partial charge in [-0.1, -0.05) is 29.8 Å². The van der Waals surface area contributed by atoms with E-state index >= 15 is 0 Å². The van der Waals surface area contributed by atoms with E-state index in [0.29, 0.717) is 0 Å². The molecule has 0 saturated carbocycles. The van der Waals surface area contributed by atoms with E-state index in [1.54, 1.807) is 0 Å². The highest BCUT2D eigenvalue weighted by molar-refractivity contribution is 5.90. The maximum absolute atomic E-state index is 4.79. The van der Waals surface area contributed by atoms with Crippen LogP contribution in [0, 0.1) is 6.92 Å². The van der Waals surface area contributed by atoms with E-state index in [1.165, 1.54) is 11.3 Å². The molecule has 1 aromatic heterocycles. The van der Waals surface area contributed by atoms with Gasteiger partial charge >= 0.3 is 0 Å². The van der Waals surface area contributed by atoms with E-state index in [-0.39, 0.29) is 0 Å². The van der Waals surface area contributed by atoms with Crippen molar-refractivity contribution < 1.29 is 0 Å². The van der Waals surface area contributed by atoms with Gasteiger partial charge in [-0.2, -0.15) is 0 Å². The summed E-state index contributed by atoms with van der Waals surface area (Å²) in [6.07, 6.45) is 0. The molecule has 0 amide bonds. The fraction of sp³-hybridized carbons (Fsp3) is 0.316. The Morgan fingerprint density at radius 2 is 1.78 bits per heavy atom. The summed E-state index contributed by atoms with van der Waals surface area (Å²) in [6.45, 7) is 8.40. The summed E-state index contributed by atoms with van der Waals surface area (Å²) in [4.78, 5) is 10.6. The average molecular weight is 308 g/mol. The van der Waals surface area contributed by atoms with Crippen molar-refractivity contribution >= 4 is 22.4 Å². The zero-order chi connectivity index (χ0) is 16.4. The number of benzene rings is 2. The molecule has 0 fully saturated rings. The third-order valence-corrected chi connectivity index (χ3v) is 4.30. The number of nitrogens with one attached hydrogen (secondary N) is 2. The first kappa shape index (κ1) is 15.4. The predicted octanol–water partition coefficient (Wildman–Crippen LogP) is 4.43. The number of aryl methyl sites for hydroxylation is 1. The van der Waals surface area contributed by atoms with Crippen molar-refractivity contribution in [2.24, 2.45) is 0 Å². The number of imidazole rings is 1. The highest BCUT2D eigenvalue weighted by atomic mass is 15.1. The lowest BCUT2D eigenvalue weighted by molar-refractivity contribution is 0.868. The second kappa shape index (κ2) is 6.32. The molecule has 2 aromatic carbocycles. The number of hydrogen-bond acceptors (Lipinski definition) is 3. The van der Waals surface area contributed by atoms with Gasteiger partial charge in [0.1, 0.15) is 5.82 Å². The maximum atomic E-state index is 4.79. The molecule has 0 saturated heterocycles. The molecule has 4 heteroatoms. The Kier molecular flexibility index (Phi) is 4.24. The van der Waals surface area contributed by atoms with Gasteiger partial charge in [0.25, 0.3) is 0 Å². The minimum Gasteiger partial charge on any atom is -0.386 e. The largest absolute Gasteiger partial charge is 0.386 e. The van der Waals surface area contributed by atoms with Crippen LogP contribution in [0.1, 0.15) is 19.4 Å². The number of nitrogens with zero attached hydrogens (tertiary/aromatic N) is 2. The van der Waals surface area contributed by atoms with Crippen LogP contribution >= 0.6 is 0 Å². The molecule has 0 spiro atoms. The highest BCUT2D eigenvalue weighted by Gasteiger charge is 2.12. The molecular formula is C19H24N4. The molecule has 4 nitrogen and oxygen atoms in total. The molecule has 0 radical (unpaired) electrons. The first-order chi connectivity index (χ1) is 11.2. The second-order valence-corrected chi connectivity index (χ2v) is 5.76. The fourth-order valence-corrected chi connectivity index (χ4v) is 2.92. The summed E-state index contributed by atoms with van der Waals surface area (Å²) in [5, 5.41) is 3.30. The van der Waals surface area contributed by atoms with Gasteiger partial charge in [0, 0.05) is 25.7 Å². The Labute approximate surface area is 137 Å². The van der Waals surface area contributed by atoms with Crippen molar-refractivity contribution in [3.05, 3.63) is 42.0 Å². The van der Waals surface area contributed by atoms with E-state index in [9.17, 15) is 0 Å². The van der Waals surface area contributed by atoms with E-state index in [1.807, 2.05) is 7.05 Å². The molecule has 23 heavy (non-hydrogen) atoms. The number of hydrogen-bond donors (Lipinski definition) is 2. The van der Waals surface area contributed by atoms with Crippen LogP contribution in [0.5, 0.6) is 0 Å². The quantitative estimate of drug-likeness (QED) is 0.733. The Balaban J connectivity index is 2.10. The van der Waals surface area contributed by atoms with Crippen molar-refractivity contribution in [1.82, 2.24) is 9.97 Å². The SMILES string of the molecule is CCN(CC)c1cc2nc(-c3ccc(C)cc3)[nH]c2cc1NC. The minimum atomic E-state index is 0.916. The average Bonchev–Trinajstić information content (AvgIpc) is 2.98. The molecule has 0 aliphatic carbocycles. The number of rotatable bonds is 5. The van der Waals surface area contributed by atoms with Gasteiger partial charge < -0.3 is 15.2 Å². The van der Waals surface area contributed by atoms with E-state index < -0.39 is 0 Å². The summed E-state index contributed by atoms with van der Waals surface area (Å²) < 4.78 is 0. The minimum absolute atomic E-state index is 0.916. The number of aromatic amines is 1. The van der Waals surface area contributed by atoms with Gasteiger partial charge in [-0.05, 0) is 32.9 Å². The zero-order valence-electron chi connectivity index (χ0n) is 14.3. The monoisotopic (exact) mass is 308 g/mol. The number of fused-ring (bicyclic) bond motifs is 1. The van der Waals surface area contributed by atoms with Gasteiger partial charge in [0.05, 0.1) is 22.4 Å². The normalized spacial score (nSPS) is 11.0. The van der Waals surface area contributed by atoms with Gasteiger partial charge in [0.2, 0.25) is 0 Å². The van der Waals surface area contributed by atoms with Crippen LogP contribution < -0.4 is 10.2 Å². The van der Waals surface area contributed by atoms with Crippen molar-refractivity contribution in [1.29, 1.82) is 0 Å². The second-order valence-electron chi connectivity index (χ2n) is 5.76. The first-order valence-electron chi connectivity index (χ1n) is 8.19. The lowest BCUT2D eigenvalue weighted by Crippen LogP contribution is -2.22. The topological polar surface area (TPSA) is 44.0 Å². The van der Waals surface area contributed by atoms with Crippen LogP contribution in [0.3, 0.4) is 0 Å². The van der Waals surface area contributed by atoms with Crippen molar-refractivity contribution in [3.8, 4) is 11.4 Å². The lowest BCUT2D eigenvalue weighted by atomic mass is 10.1. The Hall–Kier alpha value is -2.49. The van der Waals surface area contributed by atoms with E-state index in [2.05, 4.69) is 72.4 Å². The molecule has 1 heterocycles. The van der Waals surface area contributed by atoms with Crippen LogP contribution in [0.15, 0.2) is 36.4 Å². The summed E-state index contributed by atoms with van der Waals surface area (Å²) in [5.41, 5.74) is 6.75. The van der Waals surface area contributed by atoms with E-state index in [0.717, 1.165) is 41.2 Å². The van der Waals surface area contributed by atoms with Gasteiger partial charge in [-0.15, -0.1) is 0 Å². The molecule has 120 valence electrons. The van der Waals surface area contributed by atoms with Gasteiger partial charge in [-0.3, -0.25) is 0 Å². The first-order valence-corrected chi connectivity index (χ1v) is 8.19. The third-order valence-electron chi connectivity index (χ3n) is 4.30. The molecule has 3 aromatic rings. The summed E-state index contributed by atoms with van der Waals surface area (Å²) >= 11 is 0. The highest BCUT2D eigenvalue weighted by Crippen LogP contribution is 2.31. The van der Waals surface area contributed by atoms with Crippen LogP contribution in [0.25, 0.3) is 22.4 Å². The summed E-state index contributed by atoms with van der Waals surface area (Å²) in [6, 6.07) is 12.8. The molecule has 0 bridgehead atoms. The lowest BCUT2D eigenvalue weighted by Gasteiger charge is -2.23. The molecule has 3 rings (SSSR count). The standard InChI is InChI=1S/C19H24N4/c1-5-23(6-2)18-12-16-15(11-17(18)20-4)21-19(22-16)14-9-7-13(3)8-10-14/h7-12,20H,5-6H2,1-4H3,(H,21,22). The molecule has 2 N–H and O–H groups in total. The van der Waals surface area contributed by atoms with Crippen LogP contribution in [0.4, 0.5) is 11.4 Å². The smallest absolute Gasteiger partial charge is 0.138 e. The zero-order valence-corrected chi connectivity index (χ0v) is 14.3. The van der Waals surface area contributed by atoms with Crippen molar-refractivity contribution in [2.45, 2.75) is 20.8 Å². The number of aromatic nitrogens is 2. The van der Waals surface area contributed by atoms with Gasteiger partial charge in [0.15, 0.2) is 0 Å². The predicted molar refractivity (Wildman–Crippen MR) is 99.4 cm³/mol. The van der Waals surface area contributed by atoms with Gasteiger partial charge in [-0.25, -0.2) is 4.98 Å². The molecule has 0 aliphatic heterocycles. The maximum Gasteiger partial charge on any atom is 0.138 e. The fourth-order valence-electron chi connectivity index (χ4n) is 2.92. The van der Waals surface area contributed by atoms with Crippen molar-refractivity contribution in [2.75, 3.05) is 30.4 Å².